The fraction of sp³-hybridized carbons (Fsp3) is 0.667. The van der Waals surface area contributed by atoms with Crippen molar-refractivity contribution >= 4 is 27.3 Å². The Morgan fingerprint density at radius 3 is 2.52 bits per heavy atom. The molecule has 3 N–H and O–H groups in total. The maximum atomic E-state index is 12.3. The van der Waals surface area contributed by atoms with Crippen molar-refractivity contribution in [2.24, 2.45) is 10.7 Å². The van der Waals surface area contributed by atoms with Crippen molar-refractivity contribution in [2.75, 3.05) is 26.2 Å². The van der Waals surface area contributed by atoms with Crippen molar-refractivity contribution in [3.63, 3.8) is 0 Å². The summed E-state index contributed by atoms with van der Waals surface area (Å²) in [6.45, 7) is 6.21. The van der Waals surface area contributed by atoms with Crippen LogP contribution in [-0.2, 0) is 10.0 Å². The van der Waals surface area contributed by atoms with E-state index in [-0.39, 0.29) is 6.54 Å². The summed E-state index contributed by atoms with van der Waals surface area (Å²) in [4.78, 5) is 8.57. The number of hydrogen-bond acceptors (Lipinski definition) is 4. The normalized spacial score (nSPS) is 17.3. The van der Waals surface area contributed by atoms with Crippen LogP contribution in [0, 0.1) is 13.8 Å². The molecule has 0 aromatic carbocycles. The van der Waals surface area contributed by atoms with Crippen molar-refractivity contribution in [3.05, 3.63) is 15.8 Å². The third kappa shape index (κ3) is 5.19. The summed E-state index contributed by atoms with van der Waals surface area (Å²) < 4.78 is 27.1. The molecule has 0 saturated carbocycles. The van der Waals surface area contributed by atoms with Gasteiger partial charge in [-0.1, -0.05) is 12.8 Å². The van der Waals surface area contributed by atoms with E-state index in [2.05, 4.69) is 14.6 Å². The number of nitrogens with one attached hydrogen (secondary N) is 1. The Morgan fingerprint density at radius 2 is 1.96 bits per heavy atom. The molecule has 8 heteroatoms. The van der Waals surface area contributed by atoms with E-state index < -0.39 is 10.0 Å². The molecule has 1 aromatic heterocycles. The molecule has 1 aromatic rings. The molecule has 1 fully saturated rings. The molecule has 1 saturated heterocycles. The number of aliphatic imine (C=N–C) groups is 1. The van der Waals surface area contributed by atoms with E-state index in [4.69, 9.17) is 5.73 Å². The van der Waals surface area contributed by atoms with E-state index in [0.29, 0.717) is 17.4 Å². The molecule has 1 aliphatic rings. The fourth-order valence-corrected chi connectivity index (χ4v) is 5.28. The van der Waals surface area contributed by atoms with Gasteiger partial charge >= 0.3 is 0 Å². The number of nitrogens with zero attached hydrogens (tertiary/aromatic N) is 2. The zero-order chi connectivity index (χ0) is 16.9. The van der Waals surface area contributed by atoms with Gasteiger partial charge in [0.05, 0.1) is 11.4 Å². The van der Waals surface area contributed by atoms with E-state index in [1.807, 2.05) is 13.8 Å². The molecule has 0 aliphatic carbocycles. The van der Waals surface area contributed by atoms with Crippen LogP contribution in [0.3, 0.4) is 0 Å². The first-order valence-corrected chi connectivity index (χ1v) is 10.3. The third-order valence-corrected chi connectivity index (χ3v) is 6.58. The molecule has 0 unspecified atom stereocenters. The van der Waals surface area contributed by atoms with Crippen LogP contribution >= 0.6 is 11.3 Å². The van der Waals surface area contributed by atoms with E-state index in [1.54, 1.807) is 6.07 Å². The quantitative estimate of drug-likeness (QED) is 0.477. The van der Waals surface area contributed by atoms with E-state index in [9.17, 15) is 8.42 Å². The first-order valence-electron chi connectivity index (χ1n) is 8.02. The van der Waals surface area contributed by atoms with Gasteiger partial charge in [0.15, 0.2) is 5.96 Å². The molecule has 2 rings (SSSR count). The van der Waals surface area contributed by atoms with E-state index in [1.165, 1.54) is 24.2 Å². The van der Waals surface area contributed by atoms with E-state index >= 15 is 0 Å². The number of sulfonamides is 1. The van der Waals surface area contributed by atoms with Gasteiger partial charge in [0.25, 0.3) is 0 Å². The first-order chi connectivity index (χ1) is 10.9. The van der Waals surface area contributed by atoms with Gasteiger partial charge in [-0.25, -0.2) is 13.1 Å². The summed E-state index contributed by atoms with van der Waals surface area (Å²) in [5.41, 5.74) is 6.01. The lowest BCUT2D eigenvalue weighted by molar-refractivity contribution is 0.428. The largest absolute Gasteiger partial charge is 0.370 e. The minimum Gasteiger partial charge on any atom is -0.370 e. The second-order valence-corrected chi connectivity index (χ2v) is 9.01. The molecule has 0 bridgehead atoms. The van der Waals surface area contributed by atoms with Crippen LogP contribution in [0.5, 0.6) is 0 Å². The highest BCUT2D eigenvalue weighted by Crippen LogP contribution is 2.24. The molecule has 0 spiro atoms. The molecule has 0 amide bonds. The van der Waals surface area contributed by atoms with Gasteiger partial charge in [-0.2, -0.15) is 0 Å². The Hall–Kier alpha value is -1.12. The second-order valence-electron chi connectivity index (χ2n) is 5.82. The Balaban J connectivity index is 1.86. The molecular formula is C15H26N4O2S2. The monoisotopic (exact) mass is 358 g/mol. The number of aryl methyl sites for hydroxylation is 2. The Labute approximate surface area is 142 Å². The molecule has 130 valence electrons. The SMILES string of the molecule is Cc1cc(S(=O)(=O)NCCN=C(N)N2CCCCCC2)c(C)s1. The lowest BCUT2D eigenvalue weighted by Crippen LogP contribution is -2.38. The summed E-state index contributed by atoms with van der Waals surface area (Å²) in [5, 5.41) is 0. The lowest BCUT2D eigenvalue weighted by Gasteiger charge is -2.21. The average Bonchev–Trinajstić information content (AvgIpc) is 2.70. The predicted octanol–water partition coefficient (Wildman–Crippen LogP) is 1.83. The molecule has 1 aliphatic heterocycles. The first kappa shape index (κ1) is 18.2. The van der Waals surface area contributed by atoms with Crippen LogP contribution < -0.4 is 10.5 Å². The number of guanidine groups is 1. The number of hydrogen-bond donors (Lipinski definition) is 2. The van der Waals surface area contributed by atoms with Crippen LogP contribution in [0.25, 0.3) is 0 Å². The number of rotatable bonds is 5. The van der Waals surface area contributed by atoms with Gasteiger partial charge in [-0.3, -0.25) is 4.99 Å². The topological polar surface area (TPSA) is 87.8 Å². The fourth-order valence-electron chi connectivity index (χ4n) is 2.70. The van der Waals surface area contributed by atoms with Crippen LogP contribution in [0.15, 0.2) is 16.0 Å². The zero-order valence-electron chi connectivity index (χ0n) is 13.8. The smallest absolute Gasteiger partial charge is 0.241 e. The maximum absolute atomic E-state index is 12.3. The molecular weight excluding hydrogens is 332 g/mol. The second kappa shape index (κ2) is 8.12. The van der Waals surface area contributed by atoms with Crippen molar-refractivity contribution in [3.8, 4) is 0 Å². The minimum atomic E-state index is -3.46. The van der Waals surface area contributed by atoms with Gasteiger partial charge < -0.3 is 10.6 Å². The van der Waals surface area contributed by atoms with Crippen molar-refractivity contribution < 1.29 is 8.42 Å². The molecule has 2 heterocycles. The van der Waals surface area contributed by atoms with Crippen LogP contribution in [0.2, 0.25) is 0 Å². The molecule has 6 nitrogen and oxygen atoms in total. The average molecular weight is 359 g/mol. The predicted molar refractivity (Wildman–Crippen MR) is 95.5 cm³/mol. The zero-order valence-corrected chi connectivity index (χ0v) is 15.5. The van der Waals surface area contributed by atoms with Crippen molar-refractivity contribution in [1.29, 1.82) is 0 Å². The van der Waals surface area contributed by atoms with E-state index in [0.717, 1.165) is 35.7 Å². The summed E-state index contributed by atoms with van der Waals surface area (Å²) in [6.07, 6.45) is 4.76. The summed E-state index contributed by atoms with van der Waals surface area (Å²) >= 11 is 1.49. The summed E-state index contributed by atoms with van der Waals surface area (Å²) in [5.74, 6) is 0.522. The Bertz CT molecular complexity index is 644. The molecule has 0 atom stereocenters. The highest BCUT2D eigenvalue weighted by atomic mass is 32.2. The van der Waals surface area contributed by atoms with Gasteiger partial charge in [-0.05, 0) is 32.8 Å². The highest BCUT2D eigenvalue weighted by Gasteiger charge is 2.18. The number of nitrogens with two attached hydrogens (primary N) is 1. The standard InChI is InChI=1S/C15H26N4O2S2/c1-12-11-14(13(2)22-12)23(20,21)18-8-7-17-15(16)19-9-5-3-4-6-10-19/h11,18H,3-10H2,1-2H3,(H2,16,17). The van der Waals surface area contributed by atoms with Crippen molar-refractivity contribution in [2.45, 2.75) is 44.4 Å². The maximum Gasteiger partial charge on any atom is 0.241 e. The molecule has 23 heavy (non-hydrogen) atoms. The number of thiophene rings is 1. The highest BCUT2D eigenvalue weighted by molar-refractivity contribution is 7.89. The van der Waals surface area contributed by atoms with Gasteiger partial charge in [-0.15, -0.1) is 11.3 Å². The van der Waals surface area contributed by atoms with Crippen LogP contribution in [0.4, 0.5) is 0 Å². The number of likely N-dealkylation sites (tertiary alicyclic amines) is 1. The Kier molecular flexibility index (Phi) is 6.43. The van der Waals surface area contributed by atoms with Crippen molar-refractivity contribution in [1.82, 2.24) is 9.62 Å². The van der Waals surface area contributed by atoms with Gasteiger partial charge in [0.1, 0.15) is 0 Å². The van der Waals surface area contributed by atoms with Gasteiger partial charge in [0.2, 0.25) is 10.0 Å². The Morgan fingerprint density at radius 1 is 1.30 bits per heavy atom. The minimum absolute atomic E-state index is 0.255. The summed E-state index contributed by atoms with van der Waals surface area (Å²) in [6, 6.07) is 1.71. The third-order valence-electron chi connectivity index (χ3n) is 3.89. The van der Waals surface area contributed by atoms with Gasteiger partial charge in [0, 0.05) is 29.4 Å². The molecule has 0 radical (unpaired) electrons. The lowest BCUT2D eigenvalue weighted by atomic mass is 10.2. The summed E-state index contributed by atoms with van der Waals surface area (Å²) in [7, 11) is -3.46. The van der Waals surface area contributed by atoms with Crippen LogP contribution in [-0.4, -0.2) is 45.5 Å². The van der Waals surface area contributed by atoms with Crippen LogP contribution in [0.1, 0.15) is 35.4 Å².